The highest BCUT2D eigenvalue weighted by Gasteiger charge is 2.24. The smallest absolute Gasteiger partial charge is 0.268 e. The number of pyridine rings is 1. The number of aryl methyl sites for hydroxylation is 1. The van der Waals surface area contributed by atoms with Crippen LogP contribution in [-0.2, 0) is 0 Å². The normalized spacial score (nSPS) is 13.9. The summed E-state index contributed by atoms with van der Waals surface area (Å²) in [5, 5.41) is 8.34. The average molecular weight is 429 g/mol. The van der Waals surface area contributed by atoms with Crippen molar-refractivity contribution >= 4 is 11.7 Å². The van der Waals surface area contributed by atoms with Gasteiger partial charge < -0.3 is 14.2 Å². The van der Waals surface area contributed by atoms with Gasteiger partial charge in [-0.25, -0.2) is 4.98 Å². The molecule has 1 fully saturated rings. The number of hydrogen-bond acceptors (Lipinski definition) is 8. The van der Waals surface area contributed by atoms with Crippen molar-refractivity contribution in [3.8, 4) is 23.0 Å². The molecule has 0 aliphatic carbocycles. The van der Waals surface area contributed by atoms with Crippen molar-refractivity contribution in [2.45, 2.75) is 6.92 Å². The molecule has 9 heteroatoms. The van der Waals surface area contributed by atoms with Gasteiger partial charge in [-0.1, -0.05) is 18.2 Å². The van der Waals surface area contributed by atoms with E-state index in [-0.39, 0.29) is 7.33 Å². The highest BCUT2D eigenvalue weighted by atomic mass is 16.4. The lowest BCUT2D eigenvalue weighted by molar-refractivity contribution is 0.0746. The fourth-order valence-electron chi connectivity index (χ4n) is 3.62. The Morgan fingerprint density at radius 2 is 1.75 bits per heavy atom. The van der Waals surface area contributed by atoms with Gasteiger partial charge in [0.25, 0.3) is 11.8 Å². The molecular formula is C23H23N7O2. The maximum Gasteiger partial charge on any atom is 0.268 e. The van der Waals surface area contributed by atoms with Gasteiger partial charge in [0, 0.05) is 45.6 Å². The fourth-order valence-corrected chi connectivity index (χ4v) is 3.62. The van der Waals surface area contributed by atoms with E-state index < -0.39 is 0 Å². The summed E-state index contributed by atoms with van der Waals surface area (Å²) in [7, 11) is 0. The topological polar surface area (TPSA) is 101 Å². The Kier molecular flexibility index (Phi) is 5.29. The van der Waals surface area contributed by atoms with Gasteiger partial charge in [-0.15, -0.1) is 10.2 Å². The fraction of sp³-hybridized carbons (Fsp3) is 0.217. The Morgan fingerprint density at radius 1 is 0.969 bits per heavy atom. The van der Waals surface area contributed by atoms with E-state index >= 15 is 0 Å². The van der Waals surface area contributed by atoms with E-state index in [1.807, 2.05) is 42.2 Å². The van der Waals surface area contributed by atoms with Crippen molar-refractivity contribution in [3.63, 3.8) is 0 Å². The first-order valence-electron chi connectivity index (χ1n) is 10.4. The third-order valence-electron chi connectivity index (χ3n) is 5.39. The van der Waals surface area contributed by atoms with Crippen LogP contribution < -0.4 is 4.90 Å². The number of anilines is 1. The summed E-state index contributed by atoms with van der Waals surface area (Å²) in [6.07, 6.45) is 5.00. The molecule has 3 aromatic heterocycles. The molecule has 0 bridgehead atoms. The highest BCUT2D eigenvalue weighted by Crippen LogP contribution is 2.26. The molecule has 5 rings (SSSR count). The zero-order valence-corrected chi connectivity index (χ0v) is 17.5. The van der Waals surface area contributed by atoms with E-state index in [1.54, 1.807) is 30.7 Å². The van der Waals surface area contributed by atoms with Crippen molar-refractivity contribution < 1.29 is 10.6 Å². The molecule has 4 heterocycles. The van der Waals surface area contributed by atoms with Crippen LogP contribution in [0, 0.1) is 6.92 Å². The molecule has 1 aliphatic rings. The lowest BCUT2D eigenvalue weighted by Crippen LogP contribution is -2.49. The van der Waals surface area contributed by atoms with Crippen LogP contribution in [-0.4, -0.2) is 62.1 Å². The Labute approximate surface area is 186 Å². The first-order chi connectivity index (χ1) is 15.7. The largest absolute Gasteiger partial charge is 0.415 e. The Balaban J connectivity index is 0.00000259. The van der Waals surface area contributed by atoms with Crippen molar-refractivity contribution in [3.05, 3.63) is 72.3 Å². The SMILES string of the molecule is Cc1ncc(N2CCN(C(=O)c3cccnc3)CC2)nc1-c1nnc(-c2ccccc2)o1.[HH]. The van der Waals surface area contributed by atoms with Crippen molar-refractivity contribution in [1.29, 1.82) is 0 Å². The molecule has 1 aromatic carbocycles. The van der Waals surface area contributed by atoms with Gasteiger partial charge in [-0.2, -0.15) is 0 Å². The van der Waals surface area contributed by atoms with Crippen molar-refractivity contribution in [1.82, 2.24) is 30.0 Å². The molecule has 1 aliphatic heterocycles. The van der Waals surface area contributed by atoms with Gasteiger partial charge in [0.1, 0.15) is 5.82 Å². The van der Waals surface area contributed by atoms with Crippen LogP contribution in [0.4, 0.5) is 5.82 Å². The summed E-state index contributed by atoms with van der Waals surface area (Å²) in [5.41, 5.74) is 2.72. The van der Waals surface area contributed by atoms with E-state index in [9.17, 15) is 4.79 Å². The molecule has 0 atom stereocenters. The van der Waals surface area contributed by atoms with Crippen LogP contribution in [0.3, 0.4) is 0 Å². The van der Waals surface area contributed by atoms with Crippen LogP contribution in [0.2, 0.25) is 0 Å². The van der Waals surface area contributed by atoms with Crippen molar-refractivity contribution in [2.75, 3.05) is 31.1 Å². The number of amides is 1. The van der Waals surface area contributed by atoms with Crippen LogP contribution in [0.5, 0.6) is 0 Å². The number of benzene rings is 1. The number of carbonyl (C=O) groups excluding carboxylic acids is 1. The molecule has 0 unspecified atom stereocenters. The quantitative estimate of drug-likeness (QED) is 0.488. The molecule has 4 aromatic rings. The number of aromatic nitrogens is 5. The number of carbonyl (C=O) groups is 1. The Morgan fingerprint density at radius 3 is 2.50 bits per heavy atom. The summed E-state index contributed by atoms with van der Waals surface area (Å²) in [6, 6.07) is 13.2. The van der Waals surface area contributed by atoms with Crippen LogP contribution >= 0.6 is 0 Å². The summed E-state index contributed by atoms with van der Waals surface area (Å²) in [4.78, 5) is 29.9. The lowest BCUT2D eigenvalue weighted by atomic mass is 10.2. The number of nitrogens with zero attached hydrogens (tertiary/aromatic N) is 7. The Bertz CT molecular complexity index is 1230. The minimum atomic E-state index is -0.00673. The molecule has 0 spiro atoms. The predicted octanol–water partition coefficient (Wildman–Crippen LogP) is 3.11. The molecule has 32 heavy (non-hydrogen) atoms. The predicted molar refractivity (Wildman–Crippen MR) is 120 cm³/mol. The molecule has 0 radical (unpaired) electrons. The lowest BCUT2D eigenvalue weighted by Gasteiger charge is -2.35. The molecule has 9 nitrogen and oxygen atoms in total. The third kappa shape index (κ3) is 3.92. The monoisotopic (exact) mass is 429 g/mol. The molecule has 1 amide bonds. The molecule has 0 saturated carbocycles. The van der Waals surface area contributed by atoms with Crippen molar-refractivity contribution in [2.24, 2.45) is 0 Å². The highest BCUT2D eigenvalue weighted by molar-refractivity contribution is 5.94. The number of rotatable bonds is 4. The van der Waals surface area contributed by atoms with Gasteiger partial charge in [0.05, 0.1) is 17.5 Å². The second kappa shape index (κ2) is 8.54. The van der Waals surface area contributed by atoms with E-state index in [1.165, 1.54) is 0 Å². The van der Waals surface area contributed by atoms with Crippen LogP contribution in [0.15, 0.2) is 65.5 Å². The van der Waals surface area contributed by atoms with Crippen LogP contribution in [0.1, 0.15) is 17.5 Å². The standard InChI is InChI=1S/C23H21N7O2.H2/c1-16-20(22-28-27-21(32-22)17-6-3-2-4-7-17)26-19(15-25-16)29-10-12-30(13-11-29)23(31)18-8-5-9-24-14-18;/h2-9,14-15H,10-13H2,1H3;1H. The third-order valence-corrected chi connectivity index (χ3v) is 5.39. The first-order valence-corrected chi connectivity index (χ1v) is 10.4. The maximum absolute atomic E-state index is 12.7. The van der Waals surface area contributed by atoms with E-state index in [4.69, 9.17) is 9.40 Å². The summed E-state index contributed by atoms with van der Waals surface area (Å²) < 4.78 is 5.87. The minimum Gasteiger partial charge on any atom is -0.415 e. The zero-order chi connectivity index (χ0) is 21.9. The van der Waals surface area contributed by atoms with Gasteiger partial charge >= 0.3 is 0 Å². The minimum absolute atomic E-state index is 0. The van der Waals surface area contributed by atoms with Gasteiger partial charge in [-0.3, -0.25) is 14.8 Å². The van der Waals surface area contributed by atoms with E-state index in [0.29, 0.717) is 54.9 Å². The summed E-state index contributed by atoms with van der Waals surface area (Å²) in [5.74, 6) is 1.49. The van der Waals surface area contributed by atoms with Crippen LogP contribution in [0.25, 0.3) is 23.0 Å². The second-order valence-electron chi connectivity index (χ2n) is 7.46. The zero-order valence-electron chi connectivity index (χ0n) is 17.5. The maximum atomic E-state index is 12.7. The first kappa shape index (κ1) is 19.8. The van der Waals surface area contributed by atoms with E-state index in [2.05, 4.69) is 25.1 Å². The summed E-state index contributed by atoms with van der Waals surface area (Å²) >= 11 is 0. The van der Waals surface area contributed by atoms with E-state index in [0.717, 1.165) is 11.4 Å². The average Bonchev–Trinajstić information content (AvgIpc) is 3.35. The summed E-state index contributed by atoms with van der Waals surface area (Å²) in [6.45, 7) is 4.36. The number of piperazine rings is 1. The molecule has 1 saturated heterocycles. The molecule has 0 N–H and O–H groups in total. The number of hydrogen-bond donors (Lipinski definition) is 0. The van der Waals surface area contributed by atoms with Gasteiger partial charge in [0.15, 0.2) is 5.69 Å². The molecular weight excluding hydrogens is 406 g/mol. The molecule has 162 valence electrons. The second-order valence-corrected chi connectivity index (χ2v) is 7.46. The Hall–Kier alpha value is -4.14. The van der Waals surface area contributed by atoms with Gasteiger partial charge in [-0.05, 0) is 31.2 Å². The van der Waals surface area contributed by atoms with Gasteiger partial charge in [0.2, 0.25) is 5.89 Å².